The van der Waals surface area contributed by atoms with Gasteiger partial charge in [0.05, 0.1) is 11.6 Å². The summed E-state index contributed by atoms with van der Waals surface area (Å²) >= 11 is 0. The lowest BCUT2D eigenvalue weighted by Crippen LogP contribution is -2.28. The summed E-state index contributed by atoms with van der Waals surface area (Å²) in [6.45, 7) is 0. The number of nitriles is 1. The molecule has 1 aromatic rings. The van der Waals surface area contributed by atoms with Crippen LogP contribution in [0.2, 0.25) is 0 Å². The van der Waals surface area contributed by atoms with Gasteiger partial charge in [-0.3, -0.25) is 0 Å². The first kappa shape index (κ1) is 8.28. The molecule has 2 rings (SSSR count). The van der Waals surface area contributed by atoms with E-state index in [2.05, 4.69) is 12.1 Å². The van der Waals surface area contributed by atoms with Crippen LogP contribution < -0.4 is 5.73 Å². The Hall–Kier alpha value is -1.33. The monoisotopic (exact) mass is 172 g/mol. The predicted octanol–water partition coefficient (Wildman–Crippen LogP) is 1.37. The Morgan fingerprint density at radius 3 is 3.08 bits per heavy atom. The van der Waals surface area contributed by atoms with Crippen LogP contribution in [0.1, 0.15) is 23.1 Å². The Morgan fingerprint density at radius 2 is 2.31 bits per heavy atom. The first-order valence-electron chi connectivity index (χ1n) is 4.57. The van der Waals surface area contributed by atoms with E-state index in [1.54, 1.807) is 0 Å². The lowest BCUT2D eigenvalue weighted by molar-refractivity contribution is 0.575. The van der Waals surface area contributed by atoms with E-state index in [0.717, 1.165) is 24.8 Å². The van der Waals surface area contributed by atoms with E-state index in [0.29, 0.717) is 0 Å². The molecule has 1 unspecified atom stereocenters. The number of hydrogen-bond acceptors (Lipinski definition) is 2. The number of fused-ring (bicyclic) bond motifs is 1. The molecule has 1 aliphatic rings. The second kappa shape index (κ2) is 3.20. The SMILES string of the molecule is N#Cc1cccc2c1CC(N)CC2. The first-order chi connectivity index (χ1) is 6.31. The Balaban J connectivity index is 2.48. The predicted molar refractivity (Wildman–Crippen MR) is 51.2 cm³/mol. The average Bonchev–Trinajstić information content (AvgIpc) is 2.17. The number of hydrogen-bond donors (Lipinski definition) is 1. The van der Waals surface area contributed by atoms with Crippen molar-refractivity contribution in [2.75, 3.05) is 0 Å². The van der Waals surface area contributed by atoms with Crippen LogP contribution in [0.5, 0.6) is 0 Å². The Bertz CT molecular complexity index is 363. The maximum absolute atomic E-state index is 8.89. The molecule has 0 radical (unpaired) electrons. The van der Waals surface area contributed by atoms with E-state index in [-0.39, 0.29) is 6.04 Å². The second-order valence-electron chi connectivity index (χ2n) is 3.56. The Kier molecular flexibility index (Phi) is 2.03. The molecular weight excluding hydrogens is 160 g/mol. The first-order valence-corrected chi connectivity index (χ1v) is 4.57. The van der Waals surface area contributed by atoms with E-state index in [1.807, 2.05) is 12.1 Å². The highest BCUT2D eigenvalue weighted by Gasteiger charge is 2.17. The van der Waals surface area contributed by atoms with E-state index in [9.17, 15) is 0 Å². The average molecular weight is 172 g/mol. The molecule has 0 bridgehead atoms. The highest BCUT2D eigenvalue weighted by molar-refractivity contribution is 5.44. The van der Waals surface area contributed by atoms with Gasteiger partial charge in [-0.15, -0.1) is 0 Å². The van der Waals surface area contributed by atoms with Gasteiger partial charge >= 0.3 is 0 Å². The molecule has 2 nitrogen and oxygen atoms in total. The van der Waals surface area contributed by atoms with Gasteiger partial charge in [0.15, 0.2) is 0 Å². The normalized spacial score (nSPS) is 20.5. The van der Waals surface area contributed by atoms with Crippen molar-refractivity contribution in [2.45, 2.75) is 25.3 Å². The van der Waals surface area contributed by atoms with Gasteiger partial charge in [0.2, 0.25) is 0 Å². The van der Waals surface area contributed by atoms with Gasteiger partial charge in [-0.25, -0.2) is 0 Å². The van der Waals surface area contributed by atoms with E-state index in [4.69, 9.17) is 11.0 Å². The van der Waals surface area contributed by atoms with Crippen LogP contribution in [0.25, 0.3) is 0 Å². The van der Waals surface area contributed by atoms with Gasteiger partial charge in [0.1, 0.15) is 0 Å². The van der Waals surface area contributed by atoms with Crippen molar-refractivity contribution in [2.24, 2.45) is 5.73 Å². The molecule has 1 aromatic carbocycles. The largest absolute Gasteiger partial charge is 0.327 e. The maximum Gasteiger partial charge on any atom is 0.0994 e. The van der Waals surface area contributed by atoms with Crippen molar-refractivity contribution in [1.82, 2.24) is 0 Å². The van der Waals surface area contributed by atoms with Crippen molar-refractivity contribution in [3.63, 3.8) is 0 Å². The standard InChI is InChI=1S/C11H12N2/c12-7-9-3-1-2-8-4-5-10(13)6-11(8)9/h1-3,10H,4-6,13H2. The molecule has 13 heavy (non-hydrogen) atoms. The van der Waals surface area contributed by atoms with E-state index >= 15 is 0 Å². The summed E-state index contributed by atoms with van der Waals surface area (Å²) in [5.74, 6) is 0. The van der Waals surface area contributed by atoms with Crippen molar-refractivity contribution in [1.29, 1.82) is 5.26 Å². The van der Waals surface area contributed by atoms with Crippen LogP contribution >= 0.6 is 0 Å². The fraction of sp³-hybridized carbons (Fsp3) is 0.364. The maximum atomic E-state index is 8.89. The fourth-order valence-electron chi connectivity index (χ4n) is 1.92. The summed E-state index contributed by atoms with van der Waals surface area (Å²) < 4.78 is 0. The highest BCUT2D eigenvalue weighted by Crippen LogP contribution is 2.23. The quantitative estimate of drug-likeness (QED) is 0.642. The number of aryl methyl sites for hydroxylation is 1. The molecule has 2 heteroatoms. The number of nitrogens with zero attached hydrogens (tertiary/aromatic N) is 1. The Labute approximate surface area is 78.0 Å². The topological polar surface area (TPSA) is 49.8 Å². The third-order valence-electron chi connectivity index (χ3n) is 2.64. The highest BCUT2D eigenvalue weighted by atomic mass is 14.6. The van der Waals surface area contributed by atoms with Crippen LogP contribution in [0.4, 0.5) is 0 Å². The lowest BCUT2D eigenvalue weighted by Gasteiger charge is -2.21. The van der Waals surface area contributed by atoms with Crippen molar-refractivity contribution in [3.8, 4) is 6.07 Å². The molecule has 0 aliphatic heterocycles. The second-order valence-corrected chi connectivity index (χ2v) is 3.56. The summed E-state index contributed by atoms with van der Waals surface area (Å²) in [5.41, 5.74) is 9.14. The molecule has 0 spiro atoms. The van der Waals surface area contributed by atoms with Gasteiger partial charge < -0.3 is 5.73 Å². The Morgan fingerprint density at radius 1 is 1.46 bits per heavy atom. The smallest absolute Gasteiger partial charge is 0.0994 e. The lowest BCUT2D eigenvalue weighted by atomic mass is 9.86. The van der Waals surface area contributed by atoms with E-state index < -0.39 is 0 Å². The molecular formula is C11H12N2. The van der Waals surface area contributed by atoms with Crippen molar-refractivity contribution >= 4 is 0 Å². The van der Waals surface area contributed by atoms with Crippen LogP contribution in [0.3, 0.4) is 0 Å². The van der Waals surface area contributed by atoms with Crippen LogP contribution in [-0.2, 0) is 12.8 Å². The third kappa shape index (κ3) is 1.43. The molecule has 0 aromatic heterocycles. The molecule has 1 aliphatic carbocycles. The van der Waals surface area contributed by atoms with Crippen LogP contribution in [0.15, 0.2) is 18.2 Å². The molecule has 0 fully saturated rings. The zero-order valence-corrected chi connectivity index (χ0v) is 7.46. The molecule has 1 atom stereocenters. The molecule has 66 valence electrons. The van der Waals surface area contributed by atoms with Crippen LogP contribution in [-0.4, -0.2) is 6.04 Å². The summed E-state index contributed by atoms with van der Waals surface area (Å²) in [6, 6.07) is 8.38. The molecule has 0 heterocycles. The van der Waals surface area contributed by atoms with Gasteiger partial charge in [-0.1, -0.05) is 12.1 Å². The van der Waals surface area contributed by atoms with E-state index in [1.165, 1.54) is 11.1 Å². The molecule has 0 saturated carbocycles. The number of rotatable bonds is 0. The number of benzene rings is 1. The zero-order chi connectivity index (χ0) is 9.26. The molecule has 0 saturated heterocycles. The number of nitrogens with two attached hydrogens (primary N) is 1. The van der Waals surface area contributed by atoms with Crippen molar-refractivity contribution in [3.05, 3.63) is 34.9 Å². The summed E-state index contributed by atoms with van der Waals surface area (Å²) in [4.78, 5) is 0. The minimum absolute atomic E-state index is 0.238. The molecule has 0 amide bonds. The minimum Gasteiger partial charge on any atom is -0.327 e. The van der Waals surface area contributed by atoms with Crippen molar-refractivity contribution < 1.29 is 0 Å². The fourth-order valence-corrected chi connectivity index (χ4v) is 1.92. The third-order valence-corrected chi connectivity index (χ3v) is 2.64. The zero-order valence-electron chi connectivity index (χ0n) is 7.46. The van der Waals surface area contributed by atoms with Crippen LogP contribution in [0, 0.1) is 11.3 Å². The summed E-state index contributed by atoms with van der Waals surface area (Å²) in [6.07, 6.45) is 2.92. The van der Waals surface area contributed by atoms with Gasteiger partial charge in [0.25, 0.3) is 0 Å². The van der Waals surface area contributed by atoms with Gasteiger partial charge in [-0.2, -0.15) is 5.26 Å². The van der Waals surface area contributed by atoms with Gasteiger partial charge in [0, 0.05) is 6.04 Å². The van der Waals surface area contributed by atoms with Gasteiger partial charge in [-0.05, 0) is 36.5 Å². The summed E-state index contributed by atoms with van der Waals surface area (Å²) in [7, 11) is 0. The minimum atomic E-state index is 0.238. The molecule has 2 N–H and O–H groups in total. The summed E-state index contributed by atoms with van der Waals surface area (Å²) in [5, 5.41) is 8.89.